The molecule has 0 N–H and O–H groups in total. The van der Waals surface area contributed by atoms with E-state index in [-0.39, 0.29) is 17.8 Å². The van der Waals surface area contributed by atoms with Crippen molar-refractivity contribution >= 4 is 11.9 Å². The first kappa shape index (κ1) is 13.5. The molecule has 1 fully saturated rings. The van der Waals surface area contributed by atoms with Crippen LogP contribution in [0.15, 0.2) is 18.2 Å². The number of hydrogen-bond acceptors (Lipinski definition) is 3. The minimum atomic E-state index is -0.433. The first-order valence-corrected chi connectivity index (χ1v) is 6.16. The normalized spacial score (nSPS) is 18.5. The number of benzene rings is 1. The number of halogens is 1. The zero-order chi connectivity index (χ0) is 14.0. The highest BCUT2D eigenvalue weighted by atomic mass is 19.1. The molecule has 1 unspecified atom stereocenters. The molecule has 4 nitrogen and oxygen atoms in total. The molecule has 19 heavy (non-hydrogen) atoms. The molecule has 0 spiro atoms. The third kappa shape index (κ3) is 2.75. The molecule has 0 bridgehead atoms. The SMILES string of the molecule is COC(=O)C1CCN(C(=O)c2cc(F)ccc2C)C1. The number of carbonyl (C=O) groups excluding carboxylic acids is 2. The van der Waals surface area contributed by atoms with Gasteiger partial charge in [-0.1, -0.05) is 6.07 Å². The van der Waals surface area contributed by atoms with Crippen LogP contribution in [0.1, 0.15) is 22.3 Å². The van der Waals surface area contributed by atoms with Crippen LogP contribution < -0.4 is 0 Å². The van der Waals surface area contributed by atoms with Crippen molar-refractivity contribution < 1.29 is 18.7 Å². The average molecular weight is 265 g/mol. The van der Waals surface area contributed by atoms with E-state index in [0.29, 0.717) is 25.1 Å². The van der Waals surface area contributed by atoms with Crippen LogP contribution in [0.4, 0.5) is 4.39 Å². The van der Waals surface area contributed by atoms with Crippen LogP contribution in [0, 0.1) is 18.7 Å². The van der Waals surface area contributed by atoms with E-state index in [2.05, 4.69) is 4.74 Å². The van der Waals surface area contributed by atoms with Crippen LogP contribution in [0.25, 0.3) is 0 Å². The fourth-order valence-electron chi connectivity index (χ4n) is 2.30. The number of nitrogens with zero attached hydrogens (tertiary/aromatic N) is 1. The molecular weight excluding hydrogens is 249 g/mol. The molecule has 2 rings (SSSR count). The Hall–Kier alpha value is -1.91. The fourth-order valence-corrected chi connectivity index (χ4v) is 2.30. The summed E-state index contributed by atoms with van der Waals surface area (Å²) >= 11 is 0. The molecule has 1 aliphatic rings. The van der Waals surface area contributed by atoms with Gasteiger partial charge >= 0.3 is 5.97 Å². The topological polar surface area (TPSA) is 46.6 Å². The van der Waals surface area contributed by atoms with Gasteiger partial charge in [0.2, 0.25) is 0 Å². The van der Waals surface area contributed by atoms with Crippen molar-refractivity contribution in [1.82, 2.24) is 4.90 Å². The lowest BCUT2D eigenvalue weighted by atomic mass is 10.1. The van der Waals surface area contributed by atoms with E-state index in [4.69, 9.17) is 0 Å². The predicted octanol–water partition coefficient (Wildman–Crippen LogP) is 1.77. The van der Waals surface area contributed by atoms with E-state index in [1.807, 2.05) is 0 Å². The van der Waals surface area contributed by atoms with Crippen molar-refractivity contribution in [2.75, 3.05) is 20.2 Å². The summed E-state index contributed by atoms with van der Waals surface area (Å²) in [6, 6.07) is 4.15. The zero-order valence-electron chi connectivity index (χ0n) is 11.0. The van der Waals surface area contributed by atoms with Gasteiger partial charge in [0.15, 0.2) is 0 Å². The molecule has 1 heterocycles. The number of likely N-dealkylation sites (tertiary alicyclic amines) is 1. The maximum atomic E-state index is 13.2. The molecular formula is C14H16FNO3. The number of methoxy groups -OCH3 is 1. The van der Waals surface area contributed by atoms with E-state index in [0.717, 1.165) is 5.56 Å². The molecule has 1 aromatic rings. The summed E-state index contributed by atoms with van der Waals surface area (Å²) in [6.45, 7) is 2.59. The highest BCUT2D eigenvalue weighted by Crippen LogP contribution is 2.21. The molecule has 5 heteroatoms. The number of rotatable bonds is 2. The third-order valence-electron chi connectivity index (χ3n) is 3.44. The van der Waals surface area contributed by atoms with Crippen LogP contribution in [0.2, 0.25) is 0 Å². The predicted molar refractivity (Wildman–Crippen MR) is 67.2 cm³/mol. The van der Waals surface area contributed by atoms with Crippen molar-refractivity contribution in [3.63, 3.8) is 0 Å². The molecule has 1 atom stereocenters. The van der Waals surface area contributed by atoms with Crippen LogP contribution in [0.3, 0.4) is 0 Å². The summed E-state index contributed by atoms with van der Waals surface area (Å²) in [4.78, 5) is 25.3. The Morgan fingerprint density at radius 3 is 2.84 bits per heavy atom. The van der Waals surface area contributed by atoms with E-state index in [1.54, 1.807) is 17.9 Å². The summed E-state index contributed by atoms with van der Waals surface area (Å²) in [5, 5.41) is 0. The average Bonchev–Trinajstić information content (AvgIpc) is 2.89. The van der Waals surface area contributed by atoms with Gasteiger partial charge in [-0.2, -0.15) is 0 Å². The molecule has 0 aliphatic carbocycles. The van der Waals surface area contributed by atoms with Gasteiger partial charge in [0.25, 0.3) is 5.91 Å². The van der Waals surface area contributed by atoms with Gasteiger partial charge in [-0.15, -0.1) is 0 Å². The van der Waals surface area contributed by atoms with Crippen molar-refractivity contribution in [1.29, 1.82) is 0 Å². The number of carbonyl (C=O) groups is 2. The lowest BCUT2D eigenvalue weighted by Crippen LogP contribution is -2.30. The Labute approximate surface area is 111 Å². The van der Waals surface area contributed by atoms with Crippen molar-refractivity contribution in [2.24, 2.45) is 5.92 Å². The Kier molecular flexibility index (Phi) is 3.83. The second-order valence-corrected chi connectivity index (χ2v) is 4.72. The number of esters is 1. The molecule has 0 saturated carbocycles. The van der Waals surface area contributed by atoms with E-state index in [1.165, 1.54) is 19.2 Å². The van der Waals surface area contributed by atoms with Crippen molar-refractivity contribution in [3.05, 3.63) is 35.1 Å². The highest BCUT2D eigenvalue weighted by molar-refractivity contribution is 5.96. The molecule has 0 radical (unpaired) electrons. The maximum absolute atomic E-state index is 13.2. The van der Waals surface area contributed by atoms with Crippen molar-refractivity contribution in [2.45, 2.75) is 13.3 Å². The Morgan fingerprint density at radius 1 is 1.42 bits per heavy atom. The number of amides is 1. The first-order chi connectivity index (χ1) is 9.02. The molecule has 1 aliphatic heterocycles. The Balaban J connectivity index is 2.13. The molecule has 1 aromatic carbocycles. The first-order valence-electron chi connectivity index (χ1n) is 6.16. The number of ether oxygens (including phenoxy) is 1. The second-order valence-electron chi connectivity index (χ2n) is 4.72. The zero-order valence-corrected chi connectivity index (χ0v) is 11.0. The Morgan fingerprint density at radius 2 is 2.16 bits per heavy atom. The van der Waals surface area contributed by atoms with E-state index >= 15 is 0 Å². The van der Waals surface area contributed by atoms with Gasteiger partial charge in [-0.3, -0.25) is 9.59 Å². The molecule has 102 valence electrons. The molecule has 0 aromatic heterocycles. The van der Waals surface area contributed by atoms with Crippen LogP contribution >= 0.6 is 0 Å². The lowest BCUT2D eigenvalue weighted by Gasteiger charge is -2.17. The quantitative estimate of drug-likeness (QED) is 0.766. The van der Waals surface area contributed by atoms with Gasteiger partial charge in [0.1, 0.15) is 5.82 Å². The van der Waals surface area contributed by atoms with Crippen LogP contribution in [0.5, 0.6) is 0 Å². The van der Waals surface area contributed by atoms with Crippen molar-refractivity contribution in [3.8, 4) is 0 Å². The molecule has 1 amide bonds. The second kappa shape index (κ2) is 5.38. The minimum Gasteiger partial charge on any atom is -0.469 e. The summed E-state index contributed by atoms with van der Waals surface area (Å²) in [6.07, 6.45) is 0.590. The molecule has 1 saturated heterocycles. The van der Waals surface area contributed by atoms with Crippen LogP contribution in [-0.2, 0) is 9.53 Å². The lowest BCUT2D eigenvalue weighted by molar-refractivity contribution is -0.144. The summed E-state index contributed by atoms with van der Waals surface area (Å²) in [5.41, 5.74) is 1.08. The van der Waals surface area contributed by atoms with E-state index < -0.39 is 5.82 Å². The van der Waals surface area contributed by atoms with Gasteiger partial charge < -0.3 is 9.64 Å². The standard InChI is InChI=1S/C14H16FNO3/c1-9-3-4-11(15)7-12(9)13(17)16-6-5-10(8-16)14(18)19-2/h3-4,7,10H,5-6,8H2,1-2H3. The largest absolute Gasteiger partial charge is 0.469 e. The Bertz CT molecular complexity index is 515. The van der Waals surface area contributed by atoms with Gasteiger partial charge in [-0.25, -0.2) is 4.39 Å². The fraction of sp³-hybridized carbons (Fsp3) is 0.429. The third-order valence-corrected chi connectivity index (χ3v) is 3.44. The maximum Gasteiger partial charge on any atom is 0.310 e. The number of aryl methyl sites for hydroxylation is 1. The summed E-state index contributed by atoms with van der Waals surface area (Å²) in [7, 11) is 1.34. The van der Waals surface area contributed by atoms with Gasteiger partial charge in [-0.05, 0) is 31.0 Å². The monoisotopic (exact) mass is 265 g/mol. The van der Waals surface area contributed by atoms with Gasteiger partial charge in [0.05, 0.1) is 13.0 Å². The minimum absolute atomic E-state index is 0.233. The summed E-state index contributed by atoms with van der Waals surface area (Å²) in [5.74, 6) is -1.24. The number of hydrogen-bond donors (Lipinski definition) is 0. The highest BCUT2D eigenvalue weighted by Gasteiger charge is 2.32. The van der Waals surface area contributed by atoms with Crippen LogP contribution in [-0.4, -0.2) is 37.0 Å². The summed E-state index contributed by atoms with van der Waals surface area (Å²) < 4.78 is 17.9. The van der Waals surface area contributed by atoms with E-state index in [9.17, 15) is 14.0 Å². The van der Waals surface area contributed by atoms with Gasteiger partial charge in [0, 0.05) is 18.7 Å². The smallest absolute Gasteiger partial charge is 0.310 e.